The van der Waals surface area contributed by atoms with Gasteiger partial charge in [-0.15, -0.1) is 0 Å². The van der Waals surface area contributed by atoms with Crippen LogP contribution in [0.5, 0.6) is 6.01 Å². The highest BCUT2D eigenvalue weighted by Crippen LogP contribution is 2.40. The third kappa shape index (κ3) is 6.39. The molecule has 0 bridgehead atoms. The zero-order valence-electron chi connectivity index (χ0n) is 27.9. The maximum atomic E-state index is 16.7. The van der Waals surface area contributed by atoms with Crippen LogP contribution in [0.2, 0.25) is 5.02 Å². The van der Waals surface area contributed by atoms with Crippen LogP contribution in [0.3, 0.4) is 0 Å². The smallest absolute Gasteiger partial charge is 0.319 e. The molecule has 51 heavy (non-hydrogen) atoms. The number of nitrogens with zero attached hydrogens (tertiary/aromatic N) is 8. The molecule has 5 aromatic rings. The first-order valence-corrected chi connectivity index (χ1v) is 17.4. The maximum Gasteiger partial charge on any atom is 0.319 e. The van der Waals surface area contributed by atoms with Gasteiger partial charge in [-0.3, -0.25) is 14.8 Å². The number of alkyl halides is 2. The monoisotopic (exact) mass is 720 g/mol. The van der Waals surface area contributed by atoms with Crippen molar-refractivity contribution in [2.75, 3.05) is 51.3 Å². The van der Waals surface area contributed by atoms with Gasteiger partial charge in [0.25, 0.3) is 5.89 Å². The van der Waals surface area contributed by atoms with E-state index in [9.17, 15) is 13.9 Å². The Labute approximate surface area is 296 Å². The van der Waals surface area contributed by atoms with Crippen LogP contribution in [0.15, 0.2) is 53.2 Å². The average Bonchev–Trinajstić information content (AvgIpc) is 3.84. The van der Waals surface area contributed by atoms with Crippen LogP contribution in [0.4, 0.5) is 19.0 Å². The van der Waals surface area contributed by atoms with Gasteiger partial charge in [0.05, 0.1) is 10.9 Å². The second-order valence-corrected chi connectivity index (χ2v) is 14.0. The number of likely N-dealkylation sites (tertiary alicyclic amines) is 1. The van der Waals surface area contributed by atoms with Crippen molar-refractivity contribution >= 4 is 45.2 Å². The second kappa shape index (κ2) is 13.6. The standard InChI is InChI=1S/C36H36ClF3N8O3/c1-46(17-21-18-47(19-21)27(49)11-10-26-42-33(32(39)40)45-51-26)34-24-16-41-30(23-8-2-6-22-7-3-9-25(37)28(22)23)29(38)31(24)43-35(44-34)50-20-36-12-4-14-48(36)15-5-13-36/h2-3,6-11,16,21,27,32,49H,4-5,12-15,17-20H2,1H3/b11-10+. The highest BCUT2D eigenvalue weighted by atomic mass is 35.5. The van der Waals surface area contributed by atoms with Crippen molar-refractivity contribution in [1.82, 2.24) is 34.9 Å². The van der Waals surface area contributed by atoms with Crippen molar-refractivity contribution in [3.05, 3.63) is 71.2 Å². The van der Waals surface area contributed by atoms with Gasteiger partial charge in [0.1, 0.15) is 29.9 Å². The summed E-state index contributed by atoms with van der Waals surface area (Å²) in [5.41, 5.74) is 0.759. The molecule has 3 aliphatic rings. The molecule has 0 saturated carbocycles. The van der Waals surface area contributed by atoms with E-state index in [2.05, 4.69) is 25.0 Å². The zero-order chi connectivity index (χ0) is 35.3. The molecule has 15 heteroatoms. The van der Waals surface area contributed by atoms with Gasteiger partial charge in [-0.05, 0) is 56.3 Å². The topological polar surface area (TPSA) is 117 Å². The third-order valence-electron chi connectivity index (χ3n) is 10.4. The van der Waals surface area contributed by atoms with E-state index in [1.165, 1.54) is 12.2 Å². The Bertz CT molecular complexity index is 2090. The summed E-state index contributed by atoms with van der Waals surface area (Å²) in [6.07, 6.45) is 4.84. The van der Waals surface area contributed by atoms with Crippen molar-refractivity contribution in [2.45, 2.75) is 43.9 Å². The SMILES string of the molecule is CN(CC1CN(C(O)/C=C/c2nc(C(F)F)no2)C1)c1nc(OCC23CCCN2CCC3)nc2c(F)c(-c3cccc4cccc(Cl)c34)ncc12. The van der Waals surface area contributed by atoms with Crippen molar-refractivity contribution < 1.29 is 27.5 Å². The van der Waals surface area contributed by atoms with Gasteiger partial charge in [-0.25, -0.2) is 13.2 Å². The summed E-state index contributed by atoms with van der Waals surface area (Å²) in [4.78, 5) is 23.9. The van der Waals surface area contributed by atoms with Crippen molar-refractivity contribution in [2.24, 2.45) is 5.92 Å². The molecule has 3 aromatic heterocycles. The first-order valence-electron chi connectivity index (χ1n) is 17.0. The van der Waals surface area contributed by atoms with E-state index in [-0.39, 0.29) is 34.6 Å². The van der Waals surface area contributed by atoms with Crippen LogP contribution in [-0.2, 0) is 0 Å². The van der Waals surface area contributed by atoms with Crippen LogP contribution >= 0.6 is 11.6 Å². The van der Waals surface area contributed by atoms with E-state index in [0.717, 1.165) is 44.2 Å². The number of hydrogen-bond acceptors (Lipinski definition) is 11. The lowest BCUT2D eigenvalue weighted by atomic mass is 9.95. The van der Waals surface area contributed by atoms with Crippen LogP contribution in [0.25, 0.3) is 39.0 Å². The quantitative estimate of drug-likeness (QED) is 0.164. The predicted molar refractivity (Wildman–Crippen MR) is 186 cm³/mol. The molecule has 0 amide bonds. The number of hydrogen-bond donors (Lipinski definition) is 1. The average molecular weight is 721 g/mol. The lowest BCUT2D eigenvalue weighted by molar-refractivity contribution is -0.0327. The number of pyridine rings is 1. The molecule has 3 saturated heterocycles. The molecule has 8 rings (SSSR count). The Kier molecular flexibility index (Phi) is 9.03. The molecule has 266 valence electrons. The Morgan fingerprint density at radius 3 is 2.63 bits per heavy atom. The van der Waals surface area contributed by atoms with E-state index >= 15 is 4.39 Å². The summed E-state index contributed by atoms with van der Waals surface area (Å²) in [7, 11) is 1.88. The molecule has 6 heterocycles. The Morgan fingerprint density at radius 1 is 1.12 bits per heavy atom. The number of ether oxygens (including phenoxy) is 1. The van der Waals surface area contributed by atoms with E-state index in [0.29, 0.717) is 53.4 Å². The van der Waals surface area contributed by atoms with E-state index in [1.807, 2.05) is 41.1 Å². The Balaban J connectivity index is 1.06. The van der Waals surface area contributed by atoms with Gasteiger partial charge >= 0.3 is 12.4 Å². The van der Waals surface area contributed by atoms with Gasteiger partial charge in [0.15, 0.2) is 5.82 Å². The van der Waals surface area contributed by atoms with Gasteiger partial charge in [0.2, 0.25) is 5.82 Å². The van der Waals surface area contributed by atoms with E-state index < -0.39 is 24.3 Å². The number of anilines is 1. The van der Waals surface area contributed by atoms with Crippen LogP contribution < -0.4 is 9.64 Å². The molecular weight excluding hydrogens is 685 g/mol. The summed E-state index contributed by atoms with van der Waals surface area (Å²) in [6.45, 7) is 4.16. The number of fused-ring (bicyclic) bond motifs is 3. The minimum absolute atomic E-state index is 0.0502. The normalized spacial score (nSPS) is 18.6. The van der Waals surface area contributed by atoms with Crippen molar-refractivity contribution in [3.63, 3.8) is 0 Å². The highest BCUT2D eigenvalue weighted by Gasteiger charge is 2.45. The summed E-state index contributed by atoms with van der Waals surface area (Å²) >= 11 is 6.61. The molecule has 0 aliphatic carbocycles. The highest BCUT2D eigenvalue weighted by molar-refractivity contribution is 6.36. The van der Waals surface area contributed by atoms with Crippen LogP contribution in [0.1, 0.15) is 43.8 Å². The summed E-state index contributed by atoms with van der Waals surface area (Å²) in [5.74, 6) is -0.780. The largest absolute Gasteiger partial charge is 0.461 e. The number of aromatic nitrogens is 5. The summed E-state index contributed by atoms with van der Waals surface area (Å²) < 4.78 is 53.4. The van der Waals surface area contributed by atoms with E-state index in [1.54, 1.807) is 18.3 Å². The number of benzene rings is 2. The minimum atomic E-state index is -2.84. The maximum absolute atomic E-state index is 16.7. The van der Waals surface area contributed by atoms with Gasteiger partial charge in [-0.1, -0.05) is 47.1 Å². The van der Waals surface area contributed by atoms with Crippen molar-refractivity contribution in [3.8, 4) is 17.3 Å². The molecule has 0 radical (unpaired) electrons. The predicted octanol–water partition coefficient (Wildman–Crippen LogP) is 6.37. The molecule has 11 nitrogen and oxygen atoms in total. The van der Waals surface area contributed by atoms with Crippen molar-refractivity contribution in [1.29, 1.82) is 0 Å². The minimum Gasteiger partial charge on any atom is -0.461 e. The fourth-order valence-corrected chi connectivity index (χ4v) is 8.11. The van der Waals surface area contributed by atoms with Gasteiger partial charge in [0, 0.05) is 60.8 Å². The zero-order valence-corrected chi connectivity index (χ0v) is 28.6. The van der Waals surface area contributed by atoms with Crippen LogP contribution in [0, 0.1) is 11.7 Å². The molecule has 1 N–H and O–H groups in total. The fraction of sp³-hybridized carbons (Fsp3) is 0.417. The Morgan fingerprint density at radius 2 is 1.88 bits per heavy atom. The Hall–Kier alpha value is -4.37. The molecule has 1 unspecified atom stereocenters. The molecule has 3 fully saturated rings. The summed E-state index contributed by atoms with van der Waals surface area (Å²) in [6, 6.07) is 11.2. The molecule has 2 aromatic carbocycles. The first-order chi connectivity index (χ1) is 24.7. The first kappa shape index (κ1) is 33.8. The molecular formula is C36H36ClF3N8O3. The lowest BCUT2D eigenvalue weighted by Gasteiger charge is -2.43. The third-order valence-corrected chi connectivity index (χ3v) is 10.7. The molecule has 0 spiro atoms. The number of aliphatic hydroxyl groups is 1. The van der Waals surface area contributed by atoms with Gasteiger partial charge < -0.3 is 19.3 Å². The fourth-order valence-electron chi connectivity index (χ4n) is 7.83. The van der Waals surface area contributed by atoms with Crippen LogP contribution in [-0.4, -0.2) is 98.1 Å². The second-order valence-electron chi connectivity index (χ2n) is 13.6. The van der Waals surface area contributed by atoms with E-state index in [4.69, 9.17) is 25.8 Å². The molecule has 3 aliphatic heterocycles. The number of aliphatic hydroxyl groups excluding tert-OH is 1. The number of halogens is 4. The molecule has 1 atom stereocenters. The van der Waals surface area contributed by atoms with Gasteiger partial charge in [-0.2, -0.15) is 15.0 Å². The summed E-state index contributed by atoms with van der Waals surface area (Å²) in [5, 5.41) is 16.4. The lowest BCUT2D eigenvalue weighted by Crippen LogP contribution is -2.54. The number of rotatable bonds is 11.